The molecule has 0 saturated carbocycles. The summed E-state index contributed by atoms with van der Waals surface area (Å²) < 4.78 is 2.39. The Morgan fingerprint density at radius 2 is 1.04 bits per heavy atom. The van der Waals surface area contributed by atoms with Gasteiger partial charge < -0.3 is 0 Å². The van der Waals surface area contributed by atoms with Gasteiger partial charge in [-0.05, 0) is 80.9 Å². The van der Waals surface area contributed by atoms with E-state index in [0.717, 1.165) is 28.2 Å². The third-order valence-corrected chi connectivity index (χ3v) is 9.79. The van der Waals surface area contributed by atoms with Gasteiger partial charge in [0.2, 0.25) is 0 Å². The summed E-state index contributed by atoms with van der Waals surface area (Å²) in [6.07, 6.45) is 0. The lowest BCUT2D eigenvalue weighted by molar-refractivity contribution is 0.661. The van der Waals surface area contributed by atoms with Gasteiger partial charge in [-0.1, -0.05) is 135 Å². The van der Waals surface area contributed by atoms with Crippen molar-refractivity contribution in [2.45, 2.75) is 19.3 Å². The molecule has 0 bridgehead atoms. The Labute approximate surface area is 269 Å². The highest BCUT2D eigenvalue weighted by Gasteiger charge is 2.36. The van der Waals surface area contributed by atoms with E-state index in [1.165, 1.54) is 55.2 Å². The van der Waals surface area contributed by atoms with Gasteiger partial charge in [-0.15, -0.1) is 0 Å². The first-order chi connectivity index (χ1) is 22.6. The van der Waals surface area contributed by atoms with Crippen LogP contribution < -0.4 is 0 Å². The minimum absolute atomic E-state index is 0.106. The summed E-state index contributed by atoms with van der Waals surface area (Å²) in [5.41, 5.74) is 14.4. The highest BCUT2D eigenvalue weighted by atomic mass is 15.1. The zero-order chi connectivity index (χ0) is 30.8. The van der Waals surface area contributed by atoms with Crippen molar-refractivity contribution in [2.24, 2.45) is 0 Å². The summed E-state index contributed by atoms with van der Waals surface area (Å²) in [6.45, 7) is 4.71. The molecule has 1 aliphatic carbocycles. The maximum atomic E-state index is 5.38. The Kier molecular flexibility index (Phi) is 5.88. The molecule has 9 rings (SSSR count). The first kappa shape index (κ1) is 26.7. The number of pyridine rings is 1. The Morgan fingerprint density at radius 3 is 1.76 bits per heavy atom. The molecule has 1 aliphatic rings. The monoisotopic (exact) mass is 588 g/mol. The standard InChI is InChI=1S/C44H32N2/c1-44(2)38-21-13-12-20-34(38)35-27-37-36-24-32(29-14-6-3-7-15-29)22-23-41(36)46(42(37)28-39(35)44)43-26-33(30-16-8-4-9-17-30)25-40(45-43)31-18-10-5-11-19-31/h3-28H,1-2H3. The van der Waals surface area contributed by atoms with Gasteiger partial charge in [0.05, 0.1) is 16.7 Å². The van der Waals surface area contributed by atoms with Gasteiger partial charge in [0, 0.05) is 21.8 Å². The second-order valence-corrected chi connectivity index (χ2v) is 12.9. The van der Waals surface area contributed by atoms with Crippen LogP contribution in [0.1, 0.15) is 25.0 Å². The summed E-state index contributed by atoms with van der Waals surface area (Å²) in [7, 11) is 0. The molecule has 8 aromatic rings. The van der Waals surface area contributed by atoms with Crippen LogP contribution in [0.5, 0.6) is 0 Å². The molecule has 2 heterocycles. The zero-order valence-electron chi connectivity index (χ0n) is 25.9. The maximum absolute atomic E-state index is 5.38. The fraction of sp³-hybridized carbons (Fsp3) is 0.0682. The predicted molar refractivity (Wildman–Crippen MR) is 192 cm³/mol. The van der Waals surface area contributed by atoms with E-state index in [1.807, 2.05) is 0 Å². The van der Waals surface area contributed by atoms with Crippen molar-refractivity contribution in [2.75, 3.05) is 0 Å². The topological polar surface area (TPSA) is 17.8 Å². The number of aromatic nitrogens is 2. The Bertz CT molecular complexity index is 2360. The molecule has 6 aromatic carbocycles. The molecular weight excluding hydrogens is 556 g/mol. The molecule has 218 valence electrons. The van der Waals surface area contributed by atoms with Gasteiger partial charge >= 0.3 is 0 Å². The summed E-state index contributed by atoms with van der Waals surface area (Å²) >= 11 is 0. The number of benzene rings is 6. The third kappa shape index (κ3) is 4.07. The molecule has 0 saturated heterocycles. The Hall–Kier alpha value is -5.73. The van der Waals surface area contributed by atoms with Crippen LogP contribution in [0.2, 0.25) is 0 Å². The molecule has 2 aromatic heterocycles. The van der Waals surface area contributed by atoms with Crippen LogP contribution in [0.15, 0.2) is 158 Å². The van der Waals surface area contributed by atoms with Crippen molar-refractivity contribution in [3.05, 3.63) is 169 Å². The van der Waals surface area contributed by atoms with Crippen LogP contribution in [-0.2, 0) is 5.41 Å². The minimum atomic E-state index is -0.106. The van der Waals surface area contributed by atoms with E-state index in [1.54, 1.807) is 0 Å². The lowest BCUT2D eigenvalue weighted by Crippen LogP contribution is -2.15. The average Bonchev–Trinajstić information content (AvgIpc) is 3.56. The van der Waals surface area contributed by atoms with Crippen LogP contribution in [0.25, 0.3) is 72.3 Å². The molecule has 0 amide bonds. The van der Waals surface area contributed by atoms with Crippen LogP contribution in [0, 0.1) is 0 Å². The van der Waals surface area contributed by atoms with Gasteiger partial charge in [0.1, 0.15) is 5.82 Å². The van der Waals surface area contributed by atoms with Crippen LogP contribution >= 0.6 is 0 Å². The van der Waals surface area contributed by atoms with E-state index >= 15 is 0 Å². The second kappa shape index (κ2) is 10.2. The molecule has 0 N–H and O–H groups in total. The molecule has 0 atom stereocenters. The molecule has 0 aliphatic heterocycles. The van der Waals surface area contributed by atoms with Gasteiger partial charge in [0.15, 0.2) is 0 Å². The van der Waals surface area contributed by atoms with Crippen molar-refractivity contribution in [1.82, 2.24) is 9.55 Å². The number of nitrogens with zero attached hydrogens (tertiary/aromatic N) is 2. The van der Waals surface area contributed by atoms with Crippen LogP contribution in [-0.4, -0.2) is 9.55 Å². The minimum Gasteiger partial charge on any atom is -0.294 e. The fourth-order valence-electron chi connectivity index (χ4n) is 7.46. The second-order valence-electron chi connectivity index (χ2n) is 12.9. The molecule has 2 heteroatoms. The first-order valence-electron chi connectivity index (χ1n) is 16.0. The predicted octanol–water partition coefficient (Wildman–Crippen LogP) is 11.5. The summed E-state index contributed by atoms with van der Waals surface area (Å²) in [6, 6.07) is 56.9. The molecule has 2 nitrogen and oxygen atoms in total. The van der Waals surface area contributed by atoms with Crippen molar-refractivity contribution in [3.8, 4) is 50.5 Å². The summed E-state index contributed by atoms with van der Waals surface area (Å²) in [4.78, 5) is 5.38. The maximum Gasteiger partial charge on any atom is 0.138 e. The Balaban J connectivity index is 1.38. The van der Waals surface area contributed by atoms with Gasteiger partial charge in [0.25, 0.3) is 0 Å². The van der Waals surface area contributed by atoms with E-state index in [4.69, 9.17) is 4.98 Å². The number of rotatable bonds is 4. The fourth-order valence-corrected chi connectivity index (χ4v) is 7.46. The summed E-state index contributed by atoms with van der Waals surface area (Å²) in [5.74, 6) is 0.918. The molecule has 0 radical (unpaired) electrons. The van der Waals surface area contributed by atoms with E-state index in [-0.39, 0.29) is 5.41 Å². The van der Waals surface area contributed by atoms with E-state index in [9.17, 15) is 0 Å². The van der Waals surface area contributed by atoms with E-state index < -0.39 is 0 Å². The first-order valence-corrected chi connectivity index (χ1v) is 16.0. The molecule has 0 spiro atoms. The molecule has 46 heavy (non-hydrogen) atoms. The van der Waals surface area contributed by atoms with Gasteiger partial charge in [-0.25, -0.2) is 4.98 Å². The molecule has 0 unspecified atom stereocenters. The lowest BCUT2D eigenvalue weighted by atomic mass is 9.82. The van der Waals surface area contributed by atoms with Crippen molar-refractivity contribution >= 4 is 21.8 Å². The average molecular weight is 589 g/mol. The van der Waals surface area contributed by atoms with E-state index in [2.05, 4.69) is 176 Å². The molecule has 0 fully saturated rings. The zero-order valence-corrected chi connectivity index (χ0v) is 25.9. The largest absolute Gasteiger partial charge is 0.294 e. The van der Waals surface area contributed by atoms with E-state index in [0.29, 0.717) is 0 Å². The Morgan fingerprint density at radius 1 is 0.435 bits per heavy atom. The van der Waals surface area contributed by atoms with Crippen LogP contribution in [0.3, 0.4) is 0 Å². The van der Waals surface area contributed by atoms with Crippen molar-refractivity contribution < 1.29 is 0 Å². The SMILES string of the molecule is CC1(C)c2ccccc2-c2cc3c4cc(-c5ccccc5)ccc4n(-c4cc(-c5ccccc5)cc(-c5ccccc5)n4)c3cc21. The smallest absolute Gasteiger partial charge is 0.138 e. The summed E-state index contributed by atoms with van der Waals surface area (Å²) in [5, 5.41) is 2.47. The number of fused-ring (bicyclic) bond motifs is 6. The number of hydrogen-bond donors (Lipinski definition) is 0. The normalized spacial score (nSPS) is 13.2. The van der Waals surface area contributed by atoms with Crippen molar-refractivity contribution in [3.63, 3.8) is 0 Å². The highest BCUT2D eigenvalue weighted by molar-refractivity contribution is 6.12. The van der Waals surface area contributed by atoms with Gasteiger partial charge in [-0.3, -0.25) is 4.57 Å². The molecular formula is C44H32N2. The quantitative estimate of drug-likeness (QED) is 0.200. The van der Waals surface area contributed by atoms with Gasteiger partial charge in [-0.2, -0.15) is 0 Å². The highest BCUT2D eigenvalue weighted by Crippen LogP contribution is 2.51. The third-order valence-electron chi connectivity index (χ3n) is 9.79. The number of hydrogen-bond acceptors (Lipinski definition) is 1. The van der Waals surface area contributed by atoms with Crippen LogP contribution in [0.4, 0.5) is 0 Å². The van der Waals surface area contributed by atoms with Crippen molar-refractivity contribution in [1.29, 1.82) is 0 Å². The lowest BCUT2D eigenvalue weighted by Gasteiger charge is -2.21.